The maximum Gasteiger partial charge on any atom is 0.226 e. The minimum Gasteiger partial charge on any atom is -0.383 e. The van der Waals surface area contributed by atoms with Crippen molar-refractivity contribution in [3.05, 3.63) is 76.2 Å². The van der Waals surface area contributed by atoms with Crippen molar-refractivity contribution in [3.63, 3.8) is 0 Å². The average Bonchev–Trinajstić information content (AvgIpc) is 3.37. The van der Waals surface area contributed by atoms with Gasteiger partial charge in [-0.1, -0.05) is 67.9 Å². The molecule has 7 nitrogen and oxygen atoms in total. The zero-order valence-electron chi connectivity index (χ0n) is 21.3. The van der Waals surface area contributed by atoms with Crippen LogP contribution in [0.15, 0.2) is 58.9 Å². The molecule has 0 aliphatic carbocycles. The van der Waals surface area contributed by atoms with Crippen LogP contribution in [0.25, 0.3) is 22.4 Å². The molecular weight excluding hydrogens is 512 g/mol. The second kappa shape index (κ2) is 11.9. The van der Waals surface area contributed by atoms with E-state index in [9.17, 15) is 15.3 Å². The number of thioether (sulfide) groups is 1. The highest BCUT2D eigenvalue weighted by Crippen LogP contribution is 2.36. The number of nitriles is 2. The summed E-state index contributed by atoms with van der Waals surface area (Å²) in [4.78, 5) is 21.4. The Morgan fingerprint density at radius 1 is 1.03 bits per heavy atom. The topological polar surface area (TPSA) is 128 Å². The van der Waals surface area contributed by atoms with Gasteiger partial charge in [-0.15, -0.1) is 23.1 Å². The fourth-order valence-electron chi connectivity index (χ4n) is 3.84. The number of carbonyl (C=O) groups excluding carboxylic acids is 1. The van der Waals surface area contributed by atoms with E-state index < -0.39 is 0 Å². The Labute approximate surface area is 230 Å². The summed E-state index contributed by atoms with van der Waals surface area (Å²) in [6.07, 6.45) is 0.189. The van der Waals surface area contributed by atoms with Crippen molar-refractivity contribution >= 4 is 40.0 Å². The maximum absolute atomic E-state index is 12.6. The zero-order chi connectivity index (χ0) is 27.2. The Morgan fingerprint density at radius 3 is 2.32 bits per heavy atom. The summed E-state index contributed by atoms with van der Waals surface area (Å²) in [6, 6.07) is 20.1. The van der Waals surface area contributed by atoms with Crippen LogP contribution < -0.4 is 11.1 Å². The number of pyridine rings is 1. The zero-order valence-corrected chi connectivity index (χ0v) is 22.9. The molecule has 0 radical (unpaired) electrons. The summed E-state index contributed by atoms with van der Waals surface area (Å²) < 4.78 is 0. The van der Waals surface area contributed by atoms with E-state index in [2.05, 4.69) is 41.3 Å². The number of aryl methyl sites for hydroxylation is 1. The van der Waals surface area contributed by atoms with Crippen LogP contribution in [-0.2, 0) is 4.79 Å². The lowest BCUT2D eigenvalue weighted by atomic mass is 9.94. The van der Waals surface area contributed by atoms with Crippen LogP contribution in [0.4, 0.5) is 10.9 Å². The first kappa shape index (κ1) is 26.9. The molecule has 190 valence electrons. The van der Waals surface area contributed by atoms with E-state index in [0.29, 0.717) is 27.4 Å². The number of carbonyl (C=O) groups is 1. The minimum atomic E-state index is -0.188. The number of amides is 1. The van der Waals surface area contributed by atoms with Gasteiger partial charge in [0.05, 0.1) is 11.3 Å². The molecule has 3 N–H and O–H groups in total. The molecule has 0 atom stereocenters. The summed E-state index contributed by atoms with van der Waals surface area (Å²) in [5, 5.41) is 25.4. The third kappa shape index (κ3) is 6.03. The Morgan fingerprint density at radius 2 is 1.68 bits per heavy atom. The van der Waals surface area contributed by atoms with Crippen LogP contribution in [0.1, 0.15) is 48.4 Å². The van der Waals surface area contributed by atoms with Crippen LogP contribution >= 0.6 is 23.1 Å². The molecule has 0 fully saturated rings. The third-order valence-corrected chi connectivity index (χ3v) is 7.68. The summed E-state index contributed by atoms with van der Waals surface area (Å²) >= 11 is 2.63. The molecule has 2 aromatic heterocycles. The summed E-state index contributed by atoms with van der Waals surface area (Å²) in [6.45, 7) is 6.23. The predicted octanol–water partition coefficient (Wildman–Crippen LogP) is 6.75. The number of nitrogens with two attached hydrogens (primary N) is 1. The number of hydrogen-bond acceptors (Lipinski definition) is 8. The number of nitrogens with one attached hydrogen (secondary N) is 1. The molecule has 0 aliphatic rings. The highest BCUT2D eigenvalue weighted by Gasteiger charge is 2.21. The van der Waals surface area contributed by atoms with Gasteiger partial charge in [-0.3, -0.25) is 4.79 Å². The predicted molar refractivity (Wildman–Crippen MR) is 154 cm³/mol. The van der Waals surface area contributed by atoms with Gasteiger partial charge in [0.1, 0.15) is 28.5 Å². The smallest absolute Gasteiger partial charge is 0.226 e. The van der Waals surface area contributed by atoms with Gasteiger partial charge in [-0.2, -0.15) is 10.5 Å². The molecule has 0 bridgehead atoms. The summed E-state index contributed by atoms with van der Waals surface area (Å²) in [5.41, 5.74) is 11.9. The normalized spacial score (nSPS) is 10.7. The number of aromatic nitrogens is 2. The molecule has 1 amide bonds. The number of hydrogen-bond donors (Lipinski definition) is 2. The number of nitrogens with zero attached hydrogens (tertiary/aromatic N) is 4. The van der Waals surface area contributed by atoms with E-state index in [4.69, 9.17) is 5.73 Å². The van der Waals surface area contributed by atoms with Gasteiger partial charge >= 0.3 is 0 Å². The molecule has 2 heterocycles. The first-order chi connectivity index (χ1) is 18.3. The van der Waals surface area contributed by atoms with Crippen molar-refractivity contribution in [2.75, 3.05) is 16.8 Å². The number of nitrogen functional groups attached to an aromatic ring is 1. The molecule has 38 heavy (non-hydrogen) atoms. The molecule has 4 aromatic rings. The standard InChI is InChI=1S/C29H26N6OS2/c1-17(2)19-8-10-21(11-9-19)26-22(14-30)27(32)35-28(23(26)15-31)37-13-12-25(36)34-29-33-24(16-38-29)20-6-4-18(3)5-7-20/h4-11,16-17H,12-13H2,1-3H3,(H2,32,35)(H,33,34,36). The Balaban J connectivity index is 1.47. The highest BCUT2D eigenvalue weighted by atomic mass is 32.2. The van der Waals surface area contributed by atoms with E-state index in [1.54, 1.807) is 0 Å². The molecule has 2 aromatic carbocycles. The van der Waals surface area contributed by atoms with Gasteiger partial charge in [0.25, 0.3) is 0 Å². The third-order valence-electron chi connectivity index (χ3n) is 5.95. The van der Waals surface area contributed by atoms with Crippen LogP contribution in [0.5, 0.6) is 0 Å². The first-order valence-corrected chi connectivity index (χ1v) is 13.9. The van der Waals surface area contributed by atoms with Crippen molar-refractivity contribution in [2.24, 2.45) is 0 Å². The van der Waals surface area contributed by atoms with Gasteiger partial charge in [-0.25, -0.2) is 9.97 Å². The number of thiazole rings is 1. The molecule has 0 saturated carbocycles. The van der Waals surface area contributed by atoms with Crippen molar-refractivity contribution < 1.29 is 4.79 Å². The molecule has 4 rings (SSSR count). The Hall–Kier alpha value is -4.18. The van der Waals surface area contributed by atoms with Crippen LogP contribution in [0.2, 0.25) is 0 Å². The highest BCUT2D eigenvalue weighted by molar-refractivity contribution is 7.99. The monoisotopic (exact) mass is 538 g/mol. The van der Waals surface area contributed by atoms with E-state index in [0.717, 1.165) is 22.4 Å². The summed E-state index contributed by atoms with van der Waals surface area (Å²) in [7, 11) is 0. The number of rotatable bonds is 8. The van der Waals surface area contributed by atoms with E-state index in [1.807, 2.05) is 60.8 Å². The van der Waals surface area contributed by atoms with Gasteiger partial charge in [-0.05, 0) is 24.0 Å². The minimum absolute atomic E-state index is 0.0628. The Kier molecular flexibility index (Phi) is 8.42. The van der Waals surface area contributed by atoms with Crippen LogP contribution in [0, 0.1) is 29.6 Å². The number of anilines is 2. The molecule has 0 unspecified atom stereocenters. The largest absolute Gasteiger partial charge is 0.383 e. The number of benzene rings is 2. The lowest BCUT2D eigenvalue weighted by Crippen LogP contribution is -2.12. The summed E-state index contributed by atoms with van der Waals surface area (Å²) in [5.74, 6) is 0.605. The van der Waals surface area contributed by atoms with Gasteiger partial charge in [0.2, 0.25) is 5.91 Å². The van der Waals surface area contributed by atoms with Crippen molar-refractivity contribution in [2.45, 2.75) is 38.1 Å². The quantitative estimate of drug-likeness (QED) is 0.237. The molecule has 0 spiro atoms. The molecule has 9 heteroatoms. The van der Waals surface area contributed by atoms with Crippen molar-refractivity contribution in [1.82, 2.24) is 9.97 Å². The SMILES string of the molecule is Cc1ccc(-c2csc(NC(=O)CCSc3nc(N)c(C#N)c(-c4ccc(C(C)C)cc4)c3C#N)n2)cc1. The fourth-order valence-corrected chi connectivity index (χ4v) is 5.51. The van der Waals surface area contributed by atoms with Crippen molar-refractivity contribution in [3.8, 4) is 34.5 Å². The van der Waals surface area contributed by atoms with Crippen LogP contribution in [0.3, 0.4) is 0 Å². The molecule has 0 aliphatic heterocycles. The molecular formula is C29H26N6OS2. The molecule has 0 saturated heterocycles. The van der Waals surface area contributed by atoms with E-state index in [1.165, 1.54) is 28.7 Å². The second-order valence-electron chi connectivity index (χ2n) is 8.98. The van der Waals surface area contributed by atoms with Gasteiger partial charge < -0.3 is 11.1 Å². The lowest BCUT2D eigenvalue weighted by molar-refractivity contribution is -0.115. The average molecular weight is 539 g/mol. The second-order valence-corrected chi connectivity index (χ2v) is 10.9. The van der Waals surface area contributed by atoms with Crippen molar-refractivity contribution in [1.29, 1.82) is 10.5 Å². The van der Waals surface area contributed by atoms with Crippen LogP contribution in [-0.4, -0.2) is 21.6 Å². The van der Waals surface area contributed by atoms with Gasteiger partial charge in [0.15, 0.2) is 5.13 Å². The maximum atomic E-state index is 12.6. The fraction of sp³-hybridized carbons (Fsp3) is 0.207. The van der Waals surface area contributed by atoms with E-state index >= 15 is 0 Å². The lowest BCUT2D eigenvalue weighted by Gasteiger charge is -2.14. The first-order valence-electron chi connectivity index (χ1n) is 12.0. The Bertz CT molecular complexity index is 1540. The van der Waals surface area contributed by atoms with Gasteiger partial charge in [0, 0.05) is 28.7 Å². The van der Waals surface area contributed by atoms with E-state index in [-0.39, 0.29) is 29.3 Å².